The van der Waals surface area contributed by atoms with Gasteiger partial charge in [-0.1, -0.05) is 18.2 Å². The Balaban J connectivity index is 4.72. The Kier molecular flexibility index (Phi) is 7.17. The molecule has 0 rings (SSSR count). The van der Waals surface area contributed by atoms with Crippen molar-refractivity contribution in [2.24, 2.45) is 4.99 Å². The second kappa shape index (κ2) is 7.54. The lowest BCUT2D eigenvalue weighted by Crippen LogP contribution is -2.09. The van der Waals surface area contributed by atoms with Gasteiger partial charge >= 0.3 is 5.97 Å². The Labute approximate surface area is 99.2 Å². The highest BCUT2D eigenvalue weighted by atomic mass is 35.5. The number of carbonyl (C=O) groups is 1. The van der Waals surface area contributed by atoms with Crippen LogP contribution in [-0.2, 0) is 9.53 Å². The van der Waals surface area contributed by atoms with Gasteiger partial charge < -0.3 is 4.74 Å². The molecule has 5 heteroatoms. The maximum Gasteiger partial charge on any atom is 0.340 e. The van der Waals surface area contributed by atoms with E-state index < -0.39 is 5.97 Å². The molecular formula is C10H14ClNO2S. The molecule has 0 atom stereocenters. The van der Waals surface area contributed by atoms with Crippen molar-refractivity contribution in [1.29, 1.82) is 0 Å². The van der Waals surface area contributed by atoms with Crippen molar-refractivity contribution in [3.63, 3.8) is 0 Å². The van der Waals surface area contributed by atoms with E-state index in [-0.39, 0.29) is 5.57 Å². The molecule has 0 aromatic rings. The third-order valence-electron chi connectivity index (χ3n) is 1.44. The average molecular weight is 248 g/mol. The minimum absolute atomic E-state index is 0.258. The summed E-state index contributed by atoms with van der Waals surface area (Å²) >= 11 is 7.15. The normalized spacial score (nSPS) is 12.5. The SMILES string of the molecule is C=C(N=C/C(C(=O)OCC)=C(\C)Cl)SC. The quantitative estimate of drug-likeness (QED) is 0.426. The molecule has 84 valence electrons. The zero-order valence-electron chi connectivity index (χ0n) is 9.04. The van der Waals surface area contributed by atoms with Gasteiger partial charge in [0, 0.05) is 11.2 Å². The standard InChI is InChI=1S/C10H14ClNO2S/c1-5-14-10(13)9(7(2)11)6-12-8(3)15-4/h6H,3,5H2,1-2,4H3/b9-7-,12-6?. The Morgan fingerprint density at radius 2 is 2.27 bits per heavy atom. The summed E-state index contributed by atoms with van der Waals surface area (Å²) in [6.07, 6.45) is 3.22. The molecule has 0 bridgehead atoms. The first kappa shape index (κ1) is 14.3. The van der Waals surface area contributed by atoms with Crippen LogP contribution in [-0.4, -0.2) is 25.0 Å². The number of nitrogens with zero attached hydrogens (tertiary/aromatic N) is 1. The van der Waals surface area contributed by atoms with E-state index >= 15 is 0 Å². The number of hydrogen-bond acceptors (Lipinski definition) is 4. The first-order valence-electron chi connectivity index (χ1n) is 4.33. The Morgan fingerprint density at radius 1 is 1.67 bits per heavy atom. The molecule has 0 aliphatic heterocycles. The fourth-order valence-electron chi connectivity index (χ4n) is 0.680. The van der Waals surface area contributed by atoms with E-state index in [1.54, 1.807) is 13.8 Å². The molecule has 15 heavy (non-hydrogen) atoms. The van der Waals surface area contributed by atoms with Crippen molar-refractivity contribution in [1.82, 2.24) is 0 Å². The second-order valence-corrected chi connectivity index (χ2v) is 3.97. The summed E-state index contributed by atoms with van der Waals surface area (Å²) in [6.45, 7) is 7.31. The van der Waals surface area contributed by atoms with E-state index in [1.165, 1.54) is 18.0 Å². The molecule has 3 nitrogen and oxygen atoms in total. The van der Waals surface area contributed by atoms with Gasteiger partial charge in [0.15, 0.2) is 0 Å². The van der Waals surface area contributed by atoms with Crippen molar-refractivity contribution in [2.75, 3.05) is 12.9 Å². The van der Waals surface area contributed by atoms with Gasteiger partial charge in [0.25, 0.3) is 0 Å². The van der Waals surface area contributed by atoms with Crippen molar-refractivity contribution in [3.05, 3.63) is 22.2 Å². The summed E-state index contributed by atoms with van der Waals surface area (Å²) < 4.78 is 4.82. The van der Waals surface area contributed by atoms with Crippen LogP contribution in [0.3, 0.4) is 0 Å². The molecule has 0 saturated carbocycles. The van der Waals surface area contributed by atoms with Crippen LogP contribution in [0.4, 0.5) is 0 Å². The number of esters is 1. The molecule has 0 heterocycles. The van der Waals surface area contributed by atoms with Crippen LogP contribution in [0.1, 0.15) is 13.8 Å². The van der Waals surface area contributed by atoms with E-state index in [9.17, 15) is 4.79 Å². The molecule has 0 saturated heterocycles. The van der Waals surface area contributed by atoms with Crippen molar-refractivity contribution in [3.8, 4) is 0 Å². The van der Waals surface area contributed by atoms with Gasteiger partial charge in [0.1, 0.15) is 0 Å². The summed E-state index contributed by atoms with van der Waals surface area (Å²) in [4.78, 5) is 15.4. The first-order valence-corrected chi connectivity index (χ1v) is 5.93. The van der Waals surface area contributed by atoms with E-state index in [0.29, 0.717) is 16.7 Å². The summed E-state index contributed by atoms with van der Waals surface area (Å²) in [6, 6.07) is 0. The maximum atomic E-state index is 11.4. The molecular weight excluding hydrogens is 234 g/mol. The number of allylic oxidation sites excluding steroid dienone is 1. The van der Waals surface area contributed by atoms with Crippen molar-refractivity contribution < 1.29 is 9.53 Å². The lowest BCUT2D eigenvalue weighted by Gasteiger charge is -2.02. The summed E-state index contributed by atoms with van der Waals surface area (Å²) in [7, 11) is 0. The smallest absolute Gasteiger partial charge is 0.340 e. The number of hydrogen-bond donors (Lipinski definition) is 0. The van der Waals surface area contributed by atoms with Crippen molar-refractivity contribution in [2.45, 2.75) is 13.8 Å². The molecule has 0 spiro atoms. The van der Waals surface area contributed by atoms with Gasteiger partial charge in [0.05, 0.1) is 17.2 Å². The second-order valence-electron chi connectivity index (χ2n) is 2.52. The zero-order chi connectivity index (χ0) is 11.8. The monoisotopic (exact) mass is 247 g/mol. The van der Waals surface area contributed by atoms with Crippen LogP contribution < -0.4 is 0 Å². The Hall–Kier alpha value is -0.740. The lowest BCUT2D eigenvalue weighted by atomic mass is 10.3. The molecule has 0 aromatic heterocycles. The summed E-state index contributed by atoms with van der Waals surface area (Å²) in [5.41, 5.74) is 0.258. The van der Waals surface area contributed by atoms with Crippen LogP contribution in [0.5, 0.6) is 0 Å². The molecule has 0 aromatic carbocycles. The number of aliphatic imine (C=N–C) groups is 1. The zero-order valence-corrected chi connectivity index (χ0v) is 10.6. The minimum atomic E-state index is -0.470. The highest BCUT2D eigenvalue weighted by Gasteiger charge is 2.10. The van der Waals surface area contributed by atoms with Crippen LogP contribution in [0, 0.1) is 0 Å². The van der Waals surface area contributed by atoms with Gasteiger partial charge in [-0.05, 0) is 20.1 Å². The van der Waals surface area contributed by atoms with Crippen LogP contribution in [0.2, 0.25) is 0 Å². The largest absolute Gasteiger partial charge is 0.462 e. The maximum absolute atomic E-state index is 11.4. The Morgan fingerprint density at radius 3 is 2.67 bits per heavy atom. The van der Waals surface area contributed by atoms with Gasteiger partial charge in [-0.15, -0.1) is 11.8 Å². The molecule has 0 fully saturated rings. The lowest BCUT2D eigenvalue weighted by molar-refractivity contribution is -0.137. The van der Waals surface area contributed by atoms with E-state index in [0.717, 1.165) is 0 Å². The molecule has 0 radical (unpaired) electrons. The topological polar surface area (TPSA) is 38.7 Å². The fraction of sp³-hybridized carbons (Fsp3) is 0.400. The molecule has 0 aliphatic rings. The van der Waals surface area contributed by atoms with E-state index in [1.807, 2.05) is 6.26 Å². The molecule has 0 N–H and O–H groups in total. The first-order chi connectivity index (χ1) is 7.02. The van der Waals surface area contributed by atoms with Gasteiger partial charge in [0.2, 0.25) is 0 Å². The van der Waals surface area contributed by atoms with E-state index in [2.05, 4.69) is 11.6 Å². The highest BCUT2D eigenvalue weighted by Crippen LogP contribution is 2.12. The van der Waals surface area contributed by atoms with Gasteiger partial charge in [-0.3, -0.25) is 0 Å². The third kappa shape index (κ3) is 5.64. The van der Waals surface area contributed by atoms with E-state index in [4.69, 9.17) is 16.3 Å². The summed E-state index contributed by atoms with van der Waals surface area (Å²) in [5.74, 6) is -0.470. The predicted octanol–water partition coefficient (Wildman–Crippen LogP) is 2.97. The van der Waals surface area contributed by atoms with Crippen molar-refractivity contribution >= 4 is 35.5 Å². The highest BCUT2D eigenvalue weighted by molar-refractivity contribution is 8.02. The number of thioether (sulfide) groups is 1. The Bertz CT molecular complexity index is 307. The van der Waals surface area contributed by atoms with Crippen LogP contribution in [0.25, 0.3) is 0 Å². The molecule has 0 unspecified atom stereocenters. The molecule has 0 amide bonds. The molecule has 0 aliphatic carbocycles. The fourth-order valence-corrected chi connectivity index (χ4v) is 0.964. The van der Waals surface area contributed by atoms with Gasteiger partial charge in [-0.25, -0.2) is 9.79 Å². The number of rotatable bonds is 5. The van der Waals surface area contributed by atoms with Gasteiger partial charge in [-0.2, -0.15) is 0 Å². The number of halogens is 1. The predicted molar refractivity (Wildman–Crippen MR) is 66.3 cm³/mol. The average Bonchev–Trinajstić information content (AvgIpc) is 2.17. The minimum Gasteiger partial charge on any atom is -0.462 e. The third-order valence-corrected chi connectivity index (χ3v) is 2.22. The number of carbonyl (C=O) groups excluding carboxylic acids is 1. The number of ether oxygens (including phenoxy) is 1. The van der Waals surface area contributed by atoms with Crippen LogP contribution in [0.15, 0.2) is 27.2 Å². The van der Waals surface area contributed by atoms with Crippen LogP contribution >= 0.6 is 23.4 Å². The summed E-state index contributed by atoms with van der Waals surface area (Å²) in [5, 5.41) is 0.959.